The molecular weight excluding hydrogens is 396 g/mol. The van der Waals surface area contributed by atoms with E-state index >= 15 is 0 Å². The summed E-state index contributed by atoms with van der Waals surface area (Å²) in [5.74, 6) is -0.249. The van der Waals surface area contributed by atoms with E-state index in [1.165, 1.54) is 13.3 Å². The molecule has 0 radical (unpaired) electrons. The second-order valence-corrected chi connectivity index (χ2v) is 7.13. The number of hydrogen-bond acceptors (Lipinski definition) is 6. The van der Waals surface area contributed by atoms with E-state index in [-0.39, 0.29) is 23.8 Å². The van der Waals surface area contributed by atoms with Gasteiger partial charge in [-0.2, -0.15) is 13.9 Å². The number of benzene rings is 1. The molecule has 1 fully saturated rings. The molecule has 2 aromatic heterocycles. The average molecular weight is 415 g/mol. The SMILES string of the molecule is COC(=O)c1ccc(C2CC2)c(Cc2cn(C(F)F)nc2-c2cc(=O)[nH]c(N)n2)c1. The monoisotopic (exact) mass is 415 g/mol. The molecule has 1 aliphatic rings. The van der Waals surface area contributed by atoms with Crippen molar-refractivity contribution in [1.29, 1.82) is 0 Å². The Bertz CT molecular complexity index is 1170. The van der Waals surface area contributed by atoms with Gasteiger partial charge in [-0.3, -0.25) is 9.78 Å². The van der Waals surface area contributed by atoms with Crippen LogP contribution in [0.4, 0.5) is 14.7 Å². The highest BCUT2D eigenvalue weighted by Crippen LogP contribution is 2.42. The van der Waals surface area contributed by atoms with Crippen LogP contribution < -0.4 is 11.3 Å². The lowest BCUT2D eigenvalue weighted by Crippen LogP contribution is -2.11. The minimum Gasteiger partial charge on any atom is -0.465 e. The van der Waals surface area contributed by atoms with Crippen LogP contribution in [0.15, 0.2) is 35.3 Å². The van der Waals surface area contributed by atoms with E-state index in [2.05, 4.69) is 15.1 Å². The number of halogens is 2. The van der Waals surface area contributed by atoms with Crippen molar-refractivity contribution in [2.75, 3.05) is 12.8 Å². The van der Waals surface area contributed by atoms with Crippen LogP contribution >= 0.6 is 0 Å². The van der Waals surface area contributed by atoms with E-state index in [4.69, 9.17) is 10.5 Å². The van der Waals surface area contributed by atoms with Gasteiger partial charge in [-0.1, -0.05) is 6.07 Å². The number of H-pyrrole nitrogens is 1. The Morgan fingerprint density at radius 3 is 2.73 bits per heavy atom. The first kappa shape index (κ1) is 19.7. The molecule has 0 amide bonds. The Hall–Kier alpha value is -3.56. The van der Waals surface area contributed by atoms with Crippen LogP contribution in [0, 0.1) is 0 Å². The minimum atomic E-state index is -2.86. The standard InChI is InChI=1S/C20H19F2N5O3/c1-30-18(29)11-4-5-14(10-2-3-10)12(6-11)7-13-9-27(19(21)22)26-17(13)15-8-16(28)25-20(23)24-15/h4-6,8-10,19H,2-3,7H2,1H3,(H3,23,24,25,28). The molecule has 0 unspecified atom stereocenters. The lowest BCUT2D eigenvalue weighted by atomic mass is 9.94. The van der Waals surface area contributed by atoms with Crippen molar-refractivity contribution in [3.05, 3.63) is 63.1 Å². The molecule has 156 valence electrons. The molecule has 2 heterocycles. The van der Waals surface area contributed by atoms with Gasteiger partial charge in [0.1, 0.15) is 11.4 Å². The number of alkyl halides is 2. The Morgan fingerprint density at radius 2 is 2.10 bits per heavy atom. The Balaban J connectivity index is 1.81. The smallest absolute Gasteiger partial charge is 0.337 e. The van der Waals surface area contributed by atoms with Crippen LogP contribution in [0.2, 0.25) is 0 Å². The van der Waals surface area contributed by atoms with Gasteiger partial charge in [-0.15, -0.1) is 0 Å². The zero-order valence-electron chi connectivity index (χ0n) is 16.1. The van der Waals surface area contributed by atoms with Crippen LogP contribution in [0.3, 0.4) is 0 Å². The molecule has 1 aliphatic carbocycles. The molecular formula is C20H19F2N5O3. The Labute approximate surface area is 169 Å². The van der Waals surface area contributed by atoms with E-state index in [9.17, 15) is 18.4 Å². The number of ether oxygens (including phenoxy) is 1. The van der Waals surface area contributed by atoms with E-state index in [0.717, 1.165) is 30.0 Å². The van der Waals surface area contributed by atoms with Crippen LogP contribution in [-0.4, -0.2) is 32.8 Å². The second kappa shape index (κ2) is 7.69. The van der Waals surface area contributed by atoms with Crippen molar-refractivity contribution in [3.63, 3.8) is 0 Å². The number of methoxy groups -OCH3 is 1. The van der Waals surface area contributed by atoms with Gasteiger partial charge >= 0.3 is 12.5 Å². The second-order valence-electron chi connectivity index (χ2n) is 7.13. The number of nitrogens with two attached hydrogens (primary N) is 1. The van der Waals surface area contributed by atoms with Crippen molar-refractivity contribution in [2.45, 2.75) is 31.7 Å². The third-order valence-electron chi connectivity index (χ3n) is 4.97. The first-order valence-electron chi connectivity index (χ1n) is 9.30. The molecule has 10 heteroatoms. The molecule has 8 nitrogen and oxygen atoms in total. The summed E-state index contributed by atoms with van der Waals surface area (Å²) < 4.78 is 32.0. The maximum atomic E-state index is 13.3. The van der Waals surface area contributed by atoms with Gasteiger partial charge in [0, 0.05) is 24.2 Å². The van der Waals surface area contributed by atoms with Crippen LogP contribution in [0.1, 0.15) is 52.4 Å². The molecule has 30 heavy (non-hydrogen) atoms. The molecule has 0 atom stereocenters. The van der Waals surface area contributed by atoms with E-state index in [0.29, 0.717) is 21.7 Å². The summed E-state index contributed by atoms with van der Waals surface area (Å²) >= 11 is 0. The third-order valence-corrected chi connectivity index (χ3v) is 4.97. The molecule has 0 spiro atoms. The molecule has 0 bridgehead atoms. The van der Waals surface area contributed by atoms with Crippen molar-refractivity contribution in [1.82, 2.24) is 19.7 Å². The van der Waals surface area contributed by atoms with E-state index in [1.54, 1.807) is 12.1 Å². The Morgan fingerprint density at radius 1 is 1.33 bits per heavy atom. The lowest BCUT2D eigenvalue weighted by Gasteiger charge is -2.11. The highest BCUT2D eigenvalue weighted by Gasteiger charge is 2.28. The molecule has 0 saturated heterocycles. The summed E-state index contributed by atoms with van der Waals surface area (Å²) in [7, 11) is 1.30. The lowest BCUT2D eigenvalue weighted by molar-refractivity contribution is 0.0566. The number of anilines is 1. The maximum Gasteiger partial charge on any atom is 0.337 e. The fraction of sp³-hybridized carbons (Fsp3) is 0.300. The average Bonchev–Trinajstić information content (AvgIpc) is 3.45. The van der Waals surface area contributed by atoms with E-state index < -0.39 is 18.1 Å². The maximum absolute atomic E-state index is 13.3. The summed E-state index contributed by atoms with van der Waals surface area (Å²) in [5, 5.41) is 3.93. The number of carbonyl (C=O) groups is 1. The van der Waals surface area contributed by atoms with Gasteiger partial charge in [0.2, 0.25) is 5.95 Å². The number of nitrogens with zero attached hydrogens (tertiary/aromatic N) is 3. The minimum absolute atomic E-state index is 0.0998. The topological polar surface area (TPSA) is 116 Å². The number of hydrogen-bond donors (Lipinski definition) is 2. The van der Waals surface area contributed by atoms with Gasteiger partial charge in [-0.25, -0.2) is 14.5 Å². The number of aromatic amines is 1. The van der Waals surface area contributed by atoms with Gasteiger partial charge in [0.05, 0.1) is 12.7 Å². The number of nitrogen functional groups attached to an aromatic ring is 1. The largest absolute Gasteiger partial charge is 0.465 e. The van der Waals surface area contributed by atoms with Crippen molar-refractivity contribution in [3.8, 4) is 11.4 Å². The summed E-state index contributed by atoms with van der Waals surface area (Å²) in [6, 6.07) is 6.44. The quantitative estimate of drug-likeness (QED) is 0.598. The first-order chi connectivity index (χ1) is 14.4. The number of nitrogens with one attached hydrogen (secondary N) is 1. The van der Waals surface area contributed by atoms with Gasteiger partial charge in [-0.05, 0) is 42.0 Å². The predicted octanol–water partition coefficient (Wildman–Crippen LogP) is 2.87. The summed E-state index contributed by atoms with van der Waals surface area (Å²) in [4.78, 5) is 30.1. The van der Waals surface area contributed by atoms with E-state index in [1.807, 2.05) is 6.07 Å². The number of rotatable bonds is 6. The summed E-state index contributed by atoms with van der Waals surface area (Å²) in [6.07, 6.45) is 3.51. The summed E-state index contributed by atoms with van der Waals surface area (Å²) in [6.45, 7) is -2.86. The zero-order chi connectivity index (χ0) is 21.4. The molecule has 0 aliphatic heterocycles. The van der Waals surface area contributed by atoms with Crippen LogP contribution in [0.5, 0.6) is 0 Å². The number of esters is 1. The third kappa shape index (κ3) is 3.93. The fourth-order valence-corrected chi connectivity index (χ4v) is 3.47. The number of aromatic nitrogens is 4. The Kier molecular flexibility index (Phi) is 5.06. The first-order valence-corrected chi connectivity index (χ1v) is 9.30. The molecule has 1 aromatic carbocycles. The van der Waals surface area contributed by atoms with Gasteiger partial charge in [0.25, 0.3) is 5.56 Å². The molecule has 1 saturated carbocycles. The molecule has 3 aromatic rings. The van der Waals surface area contributed by atoms with Gasteiger partial charge < -0.3 is 10.5 Å². The van der Waals surface area contributed by atoms with Crippen molar-refractivity contribution < 1.29 is 18.3 Å². The highest BCUT2D eigenvalue weighted by atomic mass is 19.3. The molecule has 4 rings (SSSR count). The molecule has 3 N–H and O–H groups in total. The summed E-state index contributed by atoms with van der Waals surface area (Å²) in [5.41, 5.74) is 8.01. The van der Waals surface area contributed by atoms with Crippen molar-refractivity contribution in [2.24, 2.45) is 0 Å². The van der Waals surface area contributed by atoms with Gasteiger partial charge in [0.15, 0.2) is 0 Å². The number of carbonyl (C=O) groups excluding carboxylic acids is 1. The highest BCUT2D eigenvalue weighted by molar-refractivity contribution is 5.89. The fourth-order valence-electron chi connectivity index (χ4n) is 3.47. The zero-order valence-corrected chi connectivity index (χ0v) is 16.1. The predicted molar refractivity (Wildman–Crippen MR) is 104 cm³/mol. The van der Waals surface area contributed by atoms with Crippen LogP contribution in [-0.2, 0) is 11.2 Å². The normalized spacial score (nSPS) is 13.6. The van der Waals surface area contributed by atoms with Crippen molar-refractivity contribution >= 4 is 11.9 Å². The van der Waals surface area contributed by atoms with Crippen LogP contribution in [0.25, 0.3) is 11.4 Å².